The molecule has 0 saturated heterocycles. The molecule has 0 saturated carbocycles. The van der Waals surface area contributed by atoms with Crippen molar-refractivity contribution >= 4 is 50.4 Å². The van der Waals surface area contributed by atoms with Gasteiger partial charge in [-0.1, -0.05) is 199 Å². The maximum Gasteiger partial charge on any atom is 0.241 e. The number of fused-ring (bicyclic) bond motifs is 6. The van der Waals surface area contributed by atoms with Crippen LogP contribution in [0, 0.1) is 0 Å². The largest absolute Gasteiger partial charge is 0.299 e. The highest BCUT2D eigenvalue weighted by Gasteiger charge is 2.26. The van der Waals surface area contributed by atoms with E-state index >= 15 is 0 Å². The van der Waals surface area contributed by atoms with Crippen LogP contribution >= 0.6 is 0 Å². The van der Waals surface area contributed by atoms with Crippen LogP contribution in [0.2, 0.25) is 0 Å². The van der Waals surface area contributed by atoms with Gasteiger partial charge in [0, 0.05) is 34.3 Å². The second kappa shape index (κ2) is 15.5. The molecular weight excluding hydrogens is 715 g/mol. The third-order valence-electron chi connectivity index (χ3n) is 12.3. The van der Waals surface area contributed by atoms with E-state index in [2.05, 4.69) is 210 Å². The lowest BCUT2D eigenvalue weighted by molar-refractivity contribution is 0.807. The minimum Gasteiger partial charge on any atom is -0.299 e. The molecule has 0 N–H and O–H groups in total. The quantitative estimate of drug-likeness (QED) is 0.103. The van der Waals surface area contributed by atoms with E-state index in [-0.39, 0.29) is 6.71 Å². The molecular formula is C54H53BN4. The normalized spacial score (nSPS) is 12.0. The third-order valence-corrected chi connectivity index (χ3v) is 12.3. The molecule has 9 rings (SSSR count). The summed E-state index contributed by atoms with van der Waals surface area (Å²) in [6.45, 7) is 18.3. The Morgan fingerprint density at radius 2 is 1.08 bits per heavy atom. The summed E-state index contributed by atoms with van der Waals surface area (Å²) in [5.74, 6) is 2.44. The van der Waals surface area contributed by atoms with Crippen LogP contribution in [-0.2, 0) is 0 Å². The molecule has 3 aromatic heterocycles. The van der Waals surface area contributed by atoms with Gasteiger partial charge in [0.15, 0.2) is 0 Å². The van der Waals surface area contributed by atoms with Crippen molar-refractivity contribution in [1.82, 2.24) is 18.9 Å². The van der Waals surface area contributed by atoms with E-state index in [1.807, 2.05) is 6.20 Å². The van der Waals surface area contributed by atoms with E-state index in [0.717, 1.165) is 28.1 Å². The van der Waals surface area contributed by atoms with Crippen LogP contribution in [0.25, 0.3) is 55.7 Å². The van der Waals surface area contributed by atoms with Crippen LogP contribution in [0.5, 0.6) is 0 Å². The number of hydrogen-bond acceptors (Lipinski definition) is 2. The Bertz CT molecular complexity index is 2910. The molecule has 292 valence electrons. The third kappa shape index (κ3) is 6.67. The number of hydrogen-bond donors (Lipinski definition) is 0. The Labute approximate surface area is 349 Å². The van der Waals surface area contributed by atoms with Crippen molar-refractivity contribution in [2.24, 2.45) is 0 Å². The maximum atomic E-state index is 5.30. The molecule has 0 aliphatic rings. The summed E-state index contributed by atoms with van der Waals surface area (Å²) in [4.78, 5) is 10.3. The van der Waals surface area contributed by atoms with Crippen LogP contribution in [0.15, 0.2) is 152 Å². The molecule has 0 radical (unpaired) electrons. The highest BCUT2D eigenvalue weighted by molar-refractivity contribution is 6.95. The first-order valence-corrected chi connectivity index (χ1v) is 21.4. The average Bonchev–Trinajstić information content (AvgIpc) is 3.92. The zero-order chi connectivity index (χ0) is 40.9. The van der Waals surface area contributed by atoms with Crippen LogP contribution in [0.1, 0.15) is 101 Å². The Kier molecular flexibility index (Phi) is 10.1. The summed E-state index contributed by atoms with van der Waals surface area (Å²) in [6.07, 6.45) is 6.19. The second-order valence-corrected chi connectivity index (χ2v) is 17.4. The summed E-state index contributed by atoms with van der Waals surface area (Å²) in [6, 6.07) is 49.4. The van der Waals surface area contributed by atoms with Gasteiger partial charge in [0.2, 0.25) is 6.71 Å². The van der Waals surface area contributed by atoms with E-state index in [4.69, 9.17) is 9.97 Å². The first-order chi connectivity index (χ1) is 28.6. The fraction of sp³-hybridized carbons (Fsp3) is 0.222. The van der Waals surface area contributed by atoms with Crippen molar-refractivity contribution in [3.05, 3.63) is 174 Å². The summed E-state index contributed by atoms with van der Waals surface area (Å²) in [5, 5.41) is 3.59. The van der Waals surface area contributed by atoms with Gasteiger partial charge >= 0.3 is 0 Å². The van der Waals surface area contributed by atoms with E-state index in [1.54, 1.807) is 0 Å². The topological polar surface area (TPSA) is 35.1 Å². The van der Waals surface area contributed by atoms with Crippen molar-refractivity contribution in [1.29, 1.82) is 0 Å². The Morgan fingerprint density at radius 3 is 1.76 bits per heavy atom. The standard InChI is InChI=1S/C54H53BN4/c1-34(2)42-22-15-23-43(35(3)4)51(42)50-33-57-54-48-32-41(27-28-46(48)47-21-12-13-26-49(47)59(50)54)55(39-18-10-9-11-19-39)40-20-14-17-38(31-40)53-56-29-30-58(53)52-44(36(5)6)24-16-25-45(52)37(7)8/h9-37H,1-8H3. The summed E-state index contributed by atoms with van der Waals surface area (Å²) in [5.41, 5.74) is 16.0. The lowest BCUT2D eigenvalue weighted by Crippen LogP contribution is -2.52. The Balaban J connectivity index is 1.26. The van der Waals surface area contributed by atoms with Gasteiger partial charge in [-0.25, -0.2) is 9.97 Å². The fourth-order valence-electron chi connectivity index (χ4n) is 9.43. The SMILES string of the molecule is CC(C)c1cccc(C(C)C)c1-c1cnc2c3cc(B(c4ccccc4)c4cccc(-c5nccn5-c5c(C(C)C)cccc5C(C)C)c4)ccc3c3ccccc3n12. The van der Waals surface area contributed by atoms with Gasteiger partial charge in [-0.15, -0.1) is 0 Å². The highest BCUT2D eigenvalue weighted by atomic mass is 15.1. The predicted molar refractivity (Wildman–Crippen MR) is 252 cm³/mol. The minimum absolute atomic E-state index is 0.0201. The second-order valence-electron chi connectivity index (χ2n) is 17.4. The van der Waals surface area contributed by atoms with Gasteiger partial charge in [0.05, 0.1) is 23.1 Å². The Hall–Kier alpha value is -6.20. The molecule has 0 aliphatic carbocycles. The number of pyridine rings is 1. The highest BCUT2D eigenvalue weighted by Crippen LogP contribution is 2.40. The maximum absolute atomic E-state index is 5.30. The number of benzene rings is 6. The van der Waals surface area contributed by atoms with Crippen LogP contribution in [0.3, 0.4) is 0 Å². The summed E-state index contributed by atoms with van der Waals surface area (Å²) in [7, 11) is 0. The van der Waals surface area contributed by atoms with E-state index < -0.39 is 0 Å². The lowest BCUT2D eigenvalue weighted by atomic mass is 9.36. The molecule has 4 nitrogen and oxygen atoms in total. The molecule has 0 atom stereocenters. The predicted octanol–water partition coefficient (Wildman–Crippen LogP) is 12.2. The number of rotatable bonds is 10. The van der Waals surface area contributed by atoms with Crippen LogP contribution in [-0.4, -0.2) is 25.6 Å². The molecule has 5 heteroatoms. The summed E-state index contributed by atoms with van der Waals surface area (Å²) >= 11 is 0. The first-order valence-electron chi connectivity index (χ1n) is 21.4. The lowest BCUT2D eigenvalue weighted by Gasteiger charge is -2.22. The van der Waals surface area contributed by atoms with Gasteiger partial charge in [-0.3, -0.25) is 8.97 Å². The molecule has 0 aliphatic heterocycles. The van der Waals surface area contributed by atoms with Crippen molar-refractivity contribution < 1.29 is 0 Å². The smallest absolute Gasteiger partial charge is 0.241 e. The van der Waals surface area contributed by atoms with Gasteiger partial charge in [-0.2, -0.15) is 0 Å². The van der Waals surface area contributed by atoms with Gasteiger partial charge in [0.25, 0.3) is 0 Å². The van der Waals surface area contributed by atoms with E-state index in [9.17, 15) is 0 Å². The molecule has 0 spiro atoms. The van der Waals surface area contributed by atoms with E-state index in [1.165, 1.54) is 66.2 Å². The summed E-state index contributed by atoms with van der Waals surface area (Å²) < 4.78 is 4.74. The molecule has 0 amide bonds. The molecule has 0 bridgehead atoms. The monoisotopic (exact) mass is 768 g/mol. The van der Waals surface area contributed by atoms with Gasteiger partial charge < -0.3 is 0 Å². The van der Waals surface area contributed by atoms with Crippen LogP contribution in [0.4, 0.5) is 0 Å². The number of para-hydroxylation sites is 2. The first kappa shape index (κ1) is 38.3. The van der Waals surface area contributed by atoms with Crippen molar-refractivity contribution in [3.8, 4) is 28.3 Å². The Morgan fingerprint density at radius 1 is 0.492 bits per heavy atom. The van der Waals surface area contributed by atoms with Crippen molar-refractivity contribution in [3.63, 3.8) is 0 Å². The molecule has 9 aromatic rings. The zero-order valence-electron chi connectivity index (χ0n) is 35.6. The molecule has 0 fully saturated rings. The molecule has 59 heavy (non-hydrogen) atoms. The van der Waals surface area contributed by atoms with Crippen molar-refractivity contribution in [2.75, 3.05) is 0 Å². The fourth-order valence-corrected chi connectivity index (χ4v) is 9.43. The van der Waals surface area contributed by atoms with E-state index in [0.29, 0.717) is 23.7 Å². The zero-order valence-corrected chi connectivity index (χ0v) is 35.6. The molecule has 0 unspecified atom stereocenters. The van der Waals surface area contributed by atoms with Gasteiger partial charge in [0.1, 0.15) is 11.5 Å². The molecule has 3 heterocycles. The average molecular weight is 769 g/mol. The van der Waals surface area contributed by atoms with Gasteiger partial charge in [-0.05, 0) is 57.4 Å². The minimum atomic E-state index is -0.0201. The van der Waals surface area contributed by atoms with Crippen molar-refractivity contribution in [2.45, 2.75) is 79.1 Å². The van der Waals surface area contributed by atoms with Crippen LogP contribution < -0.4 is 16.4 Å². The number of nitrogens with zero attached hydrogens (tertiary/aromatic N) is 4. The number of aromatic nitrogens is 4. The number of imidazole rings is 2. The molecule has 6 aromatic carbocycles.